The Bertz CT molecular complexity index is 384. The molecule has 3 N–H and O–H groups in total. The number of carbonyl (C=O) groups is 1. The van der Waals surface area contributed by atoms with E-state index in [0.717, 1.165) is 10.2 Å². The molecule has 0 aliphatic heterocycles. The van der Waals surface area contributed by atoms with Crippen LogP contribution in [-0.2, 0) is 9.53 Å². The number of ether oxygens (including phenoxy) is 1. The molecule has 1 aromatic rings. The van der Waals surface area contributed by atoms with Crippen molar-refractivity contribution in [3.63, 3.8) is 0 Å². The quantitative estimate of drug-likeness (QED) is 0.812. The Morgan fingerprint density at radius 2 is 2.44 bits per heavy atom. The van der Waals surface area contributed by atoms with Gasteiger partial charge in [-0.2, -0.15) is 0 Å². The minimum atomic E-state index is -0.672. The van der Waals surface area contributed by atoms with Crippen molar-refractivity contribution in [3.8, 4) is 0 Å². The monoisotopic (exact) mass is 287 g/mol. The molecule has 0 bridgehead atoms. The van der Waals surface area contributed by atoms with Crippen molar-refractivity contribution in [2.24, 2.45) is 5.73 Å². The fourth-order valence-electron chi connectivity index (χ4n) is 1.12. The molecule has 1 atom stereocenters. The summed E-state index contributed by atoms with van der Waals surface area (Å²) in [6.07, 6.45) is 1.56. The summed E-state index contributed by atoms with van der Waals surface area (Å²) in [5, 5.41) is 2.67. The molecule has 0 aromatic carbocycles. The van der Waals surface area contributed by atoms with Crippen LogP contribution in [0, 0.1) is 6.92 Å². The smallest absolute Gasteiger partial charge is 0.243 e. The summed E-state index contributed by atoms with van der Waals surface area (Å²) in [6, 6.07) is 1.14. The lowest BCUT2D eigenvalue weighted by Crippen LogP contribution is -2.39. The molecule has 0 saturated heterocycles. The van der Waals surface area contributed by atoms with E-state index in [2.05, 4.69) is 26.2 Å². The minimum Gasteiger partial charge on any atom is -0.383 e. The molecule has 0 spiro atoms. The first kappa shape index (κ1) is 13.1. The average Bonchev–Trinajstić information content (AvgIpc) is 2.24. The number of rotatable bonds is 4. The second-order valence-electron chi connectivity index (χ2n) is 3.38. The highest BCUT2D eigenvalue weighted by Gasteiger charge is 2.13. The number of amides is 1. The summed E-state index contributed by atoms with van der Waals surface area (Å²) < 4.78 is 5.55. The predicted molar refractivity (Wildman–Crippen MR) is 65.2 cm³/mol. The fraction of sp³-hybridized carbons (Fsp3) is 0.400. The molecule has 1 unspecified atom stereocenters. The maximum Gasteiger partial charge on any atom is 0.243 e. The van der Waals surface area contributed by atoms with Crippen LogP contribution in [0.4, 0.5) is 5.69 Å². The standard InChI is InChI=1S/C10H14BrN3O2/c1-6-3-7(4-13-9(6)11)14-10(15)8(12)5-16-2/h3-4,8H,5,12H2,1-2H3,(H,14,15). The molecule has 6 heteroatoms. The zero-order valence-corrected chi connectivity index (χ0v) is 10.7. The van der Waals surface area contributed by atoms with Crippen LogP contribution in [0.3, 0.4) is 0 Å². The van der Waals surface area contributed by atoms with E-state index in [1.54, 1.807) is 6.20 Å². The van der Waals surface area contributed by atoms with Gasteiger partial charge in [-0.3, -0.25) is 4.79 Å². The molecule has 0 aliphatic carbocycles. The van der Waals surface area contributed by atoms with Gasteiger partial charge in [0.15, 0.2) is 0 Å². The normalized spacial score (nSPS) is 12.2. The lowest BCUT2D eigenvalue weighted by atomic mass is 10.2. The lowest BCUT2D eigenvalue weighted by molar-refractivity contribution is -0.118. The number of hydrogen-bond acceptors (Lipinski definition) is 4. The Hall–Kier alpha value is -0.980. The van der Waals surface area contributed by atoms with Crippen molar-refractivity contribution < 1.29 is 9.53 Å². The Balaban J connectivity index is 2.66. The lowest BCUT2D eigenvalue weighted by Gasteiger charge is -2.11. The third kappa shape index (κ3) is 3.55. The van der Waals surface area contributed by atoms with E-state index in [1.165, 1.54) is 7.11 Å². The molecule has 1 heterocycles. The average molecular weight is 288 g/mol. The second-order valence-corrected chi connectivity index (χ2v) is 4.13. The van der Waals surface area contributed by atoms with Crippen LogP contribution in [-0.4, -0.2) is 30.6 Å². The van der Waals surface area contributed by atoms with Crippen molar-refractivity contribution >= 4 is 27.5 Å². The summed E-state index contributed by atoms with van der Waals surface area (Å²) in [7, 11) is 1.50. The molecule has 0 radical (unpaired) electrons. The van der Waals surface area contributed by atoms with Crippen LogP contribution in [0.2, 0.25) is 0 Å². The first-order chi connectivity index (χ1) is 7.54. The van der Waals surface area contributed by atoms with Gasteiger partial charge < -0.3 is 15.8 Å². The van der Waals surface area contributed by atoms with E-state index in [1.807, 2.05) is 13.0 Å². The molecule has 0 fully saturated rings. The van der Waals surface area contributed by atoms with Gasteiger partial charge in [0.1, 0.15) is 10.6 Å². The van der Waals surface area contributed by atoms with Gasteiger partial charge >= 0.3 is 0 Å². The van der Waals surface area contributed by atoms with E-state index < -0.39 is 6.04 Å². The Labute approximate surface area is 103 Å². The minimum absolute atomic E-state index is 0.189. The summed E-state index contributed by atoms with van der Waals surface area (Å²) in [5.41, 5.74) is 7.14. The van der Waals surface area contributed by atoms with Crippen molar-refractivity contribution in [1.29, 1.82) is 0 Å². The topological polar surface area (TPSA) is 77.2 Å². The first-order valence-corrected chi connectivity index (χ1v) is 5.51. The highest BCUT2D eigenvalue weighted by molar-refractivity contribution is 9.10. The summed E-state index contributed by atoms with van der Waals surface area (Å²) in [4.78, 5) is 15.6. The molecule has 88 valence electrons. The SMILES string of the molecule is COCC(N)C(=O)Nc1cnc(Br)c(C)c1. The summed E-state index contributed by atoms with van der Waals surface area (Å²) in [6.45, 7) is 2.08. The Morgan fingerprint density at radius 3 is 3.00 bits per heavy atom. The van der Waals surface area contributed by atoms with Gasteiger partial charge in [0.25, 0.3) is 0 Å². The van der Waals surface area contributed by atoms with Gasteiger partial charge in [-0.25, -0.2) is 4.98 Å². The number of nitrogens with zero attached hydrogens (tertiary/aromatic N) is 1. The third-order valence-electron chi connectivity index (χ3n) is 1.96. The number of aromatic nitrogens is 1. The molecule has 0 aliphatic rings. The highest BCUT2D eigenvalue weighted by Crippen LogP contribution is 2.16. The molecule has 16 heavy (non-hydrogen) atoms. The van der Waals surface area contributed by atoms with Crippen LogP contribution in [0.1, 0.15) is 5.56 Å². The largest absolute Gasteiger partial charge is 0.383 e. The maximum atomic E-state index is 11.5. The third-order valence-corrected chi connectivity index (χ3v) is 2.80. The number of halogens is 1. The first-order valence-electron chi connectivity index (χ1n) is 4.72. The van der Waals surface area contributed by atoms with E-state index in [-0.39, 0.29) is 12.5 Å². The molecule has 1 aromatic heterocycles. The van der Waals surface area contributed by atoms with Gasteiger partial charge in [-0.15, -0.1) is 0 Å². The number of pyridine rings is 1. The Morgan fingerprint density at radius 1 is 1.75 bits per heavy atom. The summed E-state index contributed by atoms with van der Waals surface area (Å²) in [5.74, 6) is -0.287. The highest BCUT2D eigenvalue weighted by atomic mass is 79.9. The zero-order chi connectivity index (χ0) is 12.1. The van der Waals surface area contributed by atoms with Gasteiger partial charge in [-0.05, 0) is 34.5 Å². The summed E-state index contributed by atoms with van der Waals surface area (Å²) >= 11 is 3.28. The number of anilines is 1. The number of nitrogens with two attached hydrogens (primary N) is 1. The predicted octanol–water partition coefficient (Wildman–Crippen LogP) is 1.06. The maximum absolute atomic E-state index is 11.5. The van der Waals surface area contributed by atoms with Crippen molar-refractivity contribution in [2.75, 3.05) is 19.0 Å². The molecule has 1 amide bonds. The van der Waals surface area contributed by atoms with Crippen molar-refractivity contribution in [2.45, 2.75) is 13.0 Å². The molecular weight excluding hydrogens is 274 g/mol. The molecular formula is C10H14BrN3O2. The molecule has 0 saturated carbocycles. The van der Waals surface area contributed by atoms with E-state index in [4.69, 9.17) is 10.5 Å². The van der Waals surface area contributed by atoms with Crippen LogP contribution < -0.4 is 11.1 Å². The van der Waals surface area contributed by atoms with E-state index in [0.29, 0.717) is 5.69 Å². The van der Waals surface area contributed by atoms with Crippen molar-refractivity contribution in [3.05, 3.63) is 22.4 Å². The fourth-order valence-corrected chi connectivity index (χ4v) is 1.33. The van der Waals surface area contributed by atoms with E-state index >= 15 is 0 Å². The molecule has 1 rings (SSSR count). The van der Waals surface area contributed by atoms with Crippen LogP contribution in [0.5, 0.6) is 0 Å². The van der Waals surface area contributed by atoms with Gasteiger partial charge in [-0.1, -0.05) is 0 Å². The number of carbonyl (C=O) groups excluding carboxylic acids is 1. The van der Waals surface area contributed by atoms with Crippen molar-refractivity contribution in [1.82, 2.24) is 4.98 Å². The van der Waals surface area contributed by atoms with Gasteiger partial charge in [0.05, 0.1) is 18.5 Å². The molecule has 5 nitrogen and oxygen atoms in total. The zero-order valence-electron chi connectivity index (χ0n) is 9.16. The van der Waals surface area contributed by atoms with Crippen LogP contribution in [0.25, 0.3) is 0 Å². The second kappa shape index (κ2) is 5.93. The van der Waals surface area contributed by atoms with Gasteiger partial charge in [0, 0.05) is 7.11 Å². The van der Waals surface area contributed by atoms with Crippen LogP contribution >= 0.6 is 15.9 Å². The number of aryl methyl sites for hydroxylation is 1. The number of nitrogens with one attached hydrogen (secondary N) is 1. The Kier molecular flexibility index (Phi) is 4.85. The number of methoxy groups -OCH3 is 1. The van der Waals surface area contributed by atoms with Gasteiger partial charge in [0.2, 0.25) is 5.91 Å². The van der Waals surface area contributed by atoms with Crippen LogP contribution in [0.15, 0.2) is 16.9 Å². The number of hydrogen-bond donors (Lipinski definition) is 2. The van der Waals surface area contributed by atoms with E-state index in [9.17, 15) is 4.79 Å².